The van der Waals surface area contributed by atoms with E-state index >= 15 is 0 Å². The van der Waals surface area contributed by atoms with Crippen molar-refractivity contribution in [1.29, 1.82) is 0 Å². The van der Waals surface area contributed by atoms with Gasteiger partial charge in [0.05, 0.1) is 13.2 Å². The molecule has 21 heavy (non-hydrogen) atoms. The quantitative estimate of drug-likeness (QED) is 0.812. The van der Waals surface area contributed by atoms with Crippen LogP contribution in [0.4, 0.5) is 0 Å². The maximum Gasteiger partial charge on any atom is 0.127 e. The van der Waals surface area contributed by atoms with Gasteiger partial charge in [0.25, 0.3) is 0 Å². The maximum atomic E-state index is 9.68. The molecule has 0 aliphatic heterocycles. The number of ether oxygens (including phenoxy) is 3. The molecule has 2 aromatic carbocycles. The third-order valence-electron chi connectivity index (χ3n) is 3.10. The second-order valence-corrected chi connectivity index (χ2v) is 4.88. The van der Waals surface area contributed by atoms with Crippen molar-refractivity contribution in [2.75, 3.05) is 26.9 Å². The second kappa shape index (κ2) is 7.86. The van der Waals surface area contributed by atoms with Gasteiger partial charge in [-0.15, -0.1) is 0 Å². The van der Waals surface area contributed by atoms with Gasteiger partial charge in [-0.3, -0.25) is 0 Å². The molecule has 0 bridgehead atoms. The van der Waals surface area contributed by atoms with E-state index in [1.54, 1.807) is 7.11 Å². The first-order valence-electron chi connectivity index (χ1n) is 7.20. The van der Waals surface area contributed by atoms with Crippen molar-refractivity contribution in [2.45, 2.75) is 19.4 Å². The third-order valence-corrected chi connectivity index (χ3v) is 3.10. The second-order valence-electron chi connectivity index (χ2n) is 4.88. The average molecular weight is 290 g/mol. The average Bonchev–Trinajstić information content (AvgIpc) is 2.51. The fraction of sp³-hybridized carbons (Fsp3) is 0.412. The number of hydrogen-bond donors (Lipinski definition) is 1. The molecule has 114 valence electrons. The largest absolute Gasteiger partial charge is 0.493 e. The van der Waals surface area contributed by atoms with Gasteiger partial charge in [0.1, 0.15) is 24.2 Å². The maximum absolute atomic E-state index is 9.68. The van der Waals surface area contributed by atoms with Crippen molar-refractivity contribution in [3.05, 3.63) is 36.4 Å². The van der Waals surface area contributed by atoms with Crippen LogP contribution in [0.1, 0.15) is 13.3 Å². The Hall–Kier alpha value is -1.78. The first-order chi connectivity index (χ1) is 10.3. The van der Waals surface area contributed by atoms with Crippen LogP contribution >= 0.6 is 0 Å². The summed E-state index contributed by atoms with van der Waals surface area (Å²) >= 11 is 0. The van der Waals surface area contributed by atoms with Crippen molar-refractivity contribution < 1.29 is 19.3 Å². The van der Waals surface area contributed by atoms with E-state index in [1.165, 1.54) is 0 Å². The van der Waals surface area contributed by atoms with Crippen LogP contribution in [0.3, 0.4) is 0 Å². The number of methoxy groups -OCH3 is 1. The molecule has 0 heterocycles. The molecule has 0 radical (unpaired) electrons. The summed E-state index contributed by atoms with van der Waals surface area (Å²) in [6.07, 6.45) is 0.334. The van der Waals surface area contributed by atoms with E-state index in [2.05, 4.69) is 6.92 Å². The van der Waals surface area contributed by atoms with E-state index in [1.807, 2.05) is 36.4 Å². The summed E-state index contributed by atoms with van der Waals surface area (Å²) in [4.78, 5) is 0. The number of aliphatic hydroxyl groups is 1. The Morgan fingerprint density at radius 2 is 1.57 bits per heavy atom. The standard InChI is InChI=1S/C17H22O4/c1-3-10-20-16-8-9-17(21-12-13(18)11-19-2)15-7-5-4-6-14(15)16/h4-9,13,18H,3,10-12H2,1-2H3. The fourth-order valence-electron chi connectivity index (χ4n) is 2.13. The summed E-state index contributed by atoms with van der Waals surface area (Å²) in [6, 6.07) is 11.7. The molecule has 1 unspecified atom stereocenters. The highest BCUT2D eigenvalue weighted by molar-refractivity contribution is 5.93. The molecule has 4 heteroatoms. The van der Waals surface area contributed by atoms with E-state index in [4.69, 9.17) is 14.2 Å². The molecule has 4 nitrogen and oxygen atoms in total. The monoisotopic (exact) mass is 290 g/mol. The van der Waals surface area contributed by atoms with Crippen molar-refractivity contribution in [2.24, 2.45) is 0 Å². The number of hydrogen-bond acceptors (Lipinski definition) is 4. The molecule has 0 spiro atoms. The van der Waals surface area contributed by atoms with Gasteiger partial charge in [0.2, 0.25) is 0 Å². The number of aliphatic hydroxyl groups excluding tert-OH is 1. The highest BCUT2D eigenvalue weighted by atomic mass is 16.5. The van der Waals surface area contributed by atoms with E-state index in [-0.39, 0.29) is 13.2 Å². The fourth-order valence-corrected chi connectivity index (χ4v) is 2.13. The molecule has 2 aromatic rings. The lowest BCUT2D eigenvalue weighted by atomic mass is 10.1. The summed E-state index contributed by atoms with van der Waals surface area (Å²) in [6.45, 7) is 3.23. The first-order valence-corrected chi connectivity index (χ1v) is 7.20. The van der Waals surface area contributed by atoms with Crippen molar-refractivity contribution in [3.8, 4) is 11.5 Å². The van der Waals surface area contributed by atoms with Gasteiger partial charge in [-0.05, 0) is 18.6 Å². The highest BCUT2D eigenvalue weighted by Crippen LogP contribution is 2.33. The summed E-state index contributed by atoms with van der Waals surface area (Å²) in [5.41, 5.74) is 0. The van der Waals surface area contributed by atoms with E-state index in [0.29, 0.717) is 6.61 Å². The Kier molecular flexibility index (Phi) is 5.84. The molecule has 1 N–H and O–H groups in total. The minimum Gasteiger partial charge on any atom is -0.493 e. The lowest BCUT2D eigenvalue weighted by Crippen LogP contribution is -2.22. The van der Waals surface area contributed by atoms with Crippen LogP contribution in [-0.2, 0) is 4.74 Å². The van der Waals surface area contributed by atoms with Gasteiger partial charge in [-0.2, -0.15) is 0 Å². The van der Waals surface area contributed by atoms with Gasteiger partial charge in [0, 0.05) is 17.9 Å². The van der Waals surface area contributed by atoms with Gasteiger partial charge < -0.3 is 19.3 Å². The Morgan fingerprint density at radius 3 is 2.14 bits per heavy atom. The number of benzene rings is 2. The van der Waals surface area contributed by atoms with E-state index in [0.717, 1.165) is 28.7 Å². The minimum absolute atomic E-state index is 0.201. The molecular formula is C17H22O4. The van der Waals surface area contributed by atoms with Crippen molar-refractivity contribution >= 4 is 10.8 Å². The Balaban J connectivity index is 2.21. The minimum atomic E-state index is -0.634. The van der Waals surface area contributed by atoms with E-state index < -0.39 is 6.10 Å². The number of rotatable bonds is 8. The summed E-state index contributed by atoms with van der Waals surface area (Å²) in [7, 11) is 1.55. The normalized spacial score (nSPS) is 12.3. The van der Waals surface area contributed by atoms with Gasteiger partial charge in [-0.1, -0.05) is 31.2 Å². The zero-order chi connectivity index (χ0) is 15.1. The molecule has 0 amide bonds. The van der Waals surface area contributed by atoms with Gasteiger partial charge in [0.15, 0.2) is 0 Å². The first kappa shape index (κ1) is 15.6. The highest BCUT2D eigenvalue weighted by Gasteiger charge is 2.10. The van der Waals surface area contributed by atoms with Crippen LogP contribution < -0.4 is 9.47 Å². The molecule has 0 aromatic heterocycles. The lowest BCUT2D eigenvalue weighted by molar-refractivity contribution is 0.0329. The molecule has 0 saturated heterocycles. The molecule has 1 atom stereocenters. The Labute approximate surface area is 125 Å². The van der Waals surface area contributed by atoms with E-state index in [9.17, 15) is 5.11 Å². The SMILES string of the molecule is CCCOc1ccc(OCC(O)COC)c2ccccc12. The zero-order valence-corrected chi connectivity index (χ0v) is 12.5. The van der Waals surface area contributed by atoms with Gasteiger partial charge >= 0.3 is 0 Å². The van der Waals surface area contributed by atoms with Crippen LogP contribution in [0.15, 0.2) is 36.4 Å². The molecule has 0 fully saturated rings. The van der Waals surface area contributed by atoms with Crippen LogP contribution in [0.5, 0.6) is 11.5 Å². The van der Waals surface area contributed by atoms with Crippen LogP contribution in [-0.4, -0.2) is 38.1 Å². The van der Waals surface area contributed by atoms with Crippen LogP contribution in [0.25, 0.3) is 10.8 Å². The topological polar surface area (TPSA) is 47.9 Å². The molecule has 0 aliphatic carbocycles. The van der Waals surface area contributed by atoms with Crippen LogP contribution in [0.2, 0.25) is 0 Å². The van der Waals surface area contributed by atoms with Crippen LogP contribution in [0, 0.1) is 0 Å². The third kappa shape index (κ3) is 4.09. The summed E-state index contributed by atoms with van der Waals surface area (Å²) in [5, 5.41) is 11.7. The predicted molar refractivity (Wildman–Crippen MR) is 83.1 cm³/mol. The Morgan fingerprint density at radius 1 is 0.952 bits per heavy atom. The smallest absolute Gasteiger partial charge is 0.127 e. The summed E-state index contributed by atoms with van der Waals surface area (Å²) in [5.74, 6) is 1.60. The number of fused-ring (bicyclic) bond motifs is 1. The molecule has 0 aliphatic rings. The molecular weight excluding hydrogens is 268 g/mol. The van der Waals surface area contributed by atoms with Crippen molar-refractivity contribution in [3.63, 3.8) is 0 Å². The predicted octanol–water partition coefficient (Wildman–Crippen LogP) is 3.01. The molecule has 2 rings (SSSR count). The molecule has 0 saturated carbocycles. The zero-order valence-electron chi connectivity index (χ0n) is 12.5. The van der Waals surface area contributed by atoms with Crippen molar-refractivity contribution in [1.82, 2.24) is 0 Å². The van der Waals surface area contributed by atoms with Gasteiger partial charge in [-0.25, -0.2) is 0 Å². The summed E-state index contributed by atoms with van der Waals surface area (Å²) < 4.78 is 16.4. The lowest BCUT2D eigenvalue weighted by Gasteiger charge is -2.15. The Bertz CT molecular complexity index is 568.